The first-order valence-corrected chi connectivity index (χ1v) is 11.4. The van der Waals surface area contributed by atoms with Gasteiger partial charge in [-0.15, -0.1) is 0 Å². The van der Waals surface area contributed by atoms with Crippen molar-refractivity contribution in [3.8, 4) is 11.5 Å². The Labute approximate surface area is 185 Å². The lowest BCUT2D eigenvalue weighted by atomic mass is 10.1. The van der Waals surface area contributed by atoms with Gasteiger partial charge in [-0.25, -0.2) is 13.6 Å². The van der Waals surface area contributed by atoms with Crippen LogP contribution in [0.5, 0.6) is 11.5 Å². The van der Waals surface area contributed by atoms with Gasteiger partial charge in [-0.2, -0.15) is 10.1 Å². The van der Waals surface area contributed by atoms with Gasteiger partial charge in [0.15, 0.2) is 11.5 Å². The first-order chi connectivity index (χ1) is 14.7. The molecule has 0 saturated heterocycles. The number of hydrazone groups is 1. The molecule has 10 heteroatoms. The standard InChI is InChI=1S/C21H22ClN3O5S/c1-4-29-19-12-14(11-18(22)20(19)30-5-2)10-17-13(3)24-25(21(17)26)15-6-8-16(9-7-15)31(23,27)28/h6-12H,4-5H2,1-3H3,(H2,23,27,28)/b17-10+. The third-order valence-electron chi connectivity index (χ3n) is 4.40. The van der Waals surface area contributed by atoms with Crippen LogP contribution in [-0.4, -0.2) is 33.3 Å². The molecule has 1 amide bonds. The van der Waals surface area contributed by atoms with E-state index >= 15 is 0 Å². The molecule has 2 aromatic rings. The smallest absolute Gasteiger partial charge is 0.280 e. The van der Waals surface area contributed by atoms with Gasteiger partial charge in [0, 0.05) is 0 Å². The molecule has 0 unspecified atom stereocenters. The van der Waals surface area contributed by atoms with E-state index in [2.05, 4.69) is 5.10 Å². The van der Waals surface area contributed by atoms with Crippen LogP contribution in [0.4, 0.5) is 5.69 Å². The van der Waals surface area contributed by atoms with E-state index < -0.39 is 10.0 Å². The summed E-state index contributed by atoms with van der Waals surface area (Å²) in [6.45, 7) is 6.28. The van der Waals surface area contributed by atoms with E-state index in [1.165, 1.54) is 29.3 Å². The summed E-state index contributed by atoms with van der Waals surface area (Å²) in [6.07, 6.45) is 1.67. The molecule has 1 aliphatic rings. The van der Waals surface area contributed by atoms with Crippen molar-refractivity contribution in [3.63, 3.8) is 0 Å². The molecule has 2 N–H and O–H groups in total. The van der Waals surface area contributed by atoms with Gasteiger partial charge in [0.1, 0.15) is 0 Å². The summed E-state index contributed by atoms with van der Waals surface area (Å²) >= 11 is 6.36. The normalized spacial score (nSPS) is 15.4. The number of hydrogen-bond acceptors (Lipinski definition) is 6. The van der Waals surface area contributed by atoms with Gasteiger partial charge in [0.05, 0.1) is 40.1 Å². The highest BCUT2D eigenvalue weighted by Crippen LogP contribution is 2.37. The molecular weight excluding hydrogens is 442 g/mol. The quantitative estimate of drug-likeness (QED) is 0.630. The van der Waals surface area contributed by atoms with Crippen LogP contribution in [-0.2, 0) is 14.8 Å². The number of hydrogen-bond donors (Lipinski definition) is 1. The summed E-state index contributed by atoms with van der Waals surface area (Å²) in [7, 11) is -3.82. The van der Waals surface area contributed by atoms with Crippen molar-refractivity contribution in [3.05, 3.63) is 52.6 Å². The maximum atomic E-state index is 13.0. The van der Waals surface area contributed by atoms with Crippen molar-refractivity contribution in [2.75, 3.05) is 18.2 Å². The average Bonchev–Trinajstić information content (AvgIpc) is 2.98. The fourth-order valence-electron chi connectivity index (χ4n) is 3.02. The van der Waals surface area contributed by atoms with E-state index in [-0.39, 0.29) is 10.8 Å². The average molecular weight is 464 g/mol. The van der Waals surface area contributed by atoms with Crippen molar-refractivity contribution in [2.24, 2.45) is 10.2 Å². The monoisotopic (exact) mass is 463 g/mol. The van der Waals surface area contributed by atoms with Gasteiger partial charge in [-0.1, -0.05) is 11.6 Å². The molecule has 31 heavy (non-hydrogen) atoms. The van der Waals surface area contributed by atoms with Crippen molar-refractivity contribution in [1.82, 2.24) is 0 Å². The fourth-order valence-corrected chi connectivity index (χ4v) is 3.81. The Morgan fingerprint density at radius 3 is 2.35 bits per heavy atom. The Morgan fingerprint density at radius 2 is 1.77 bits per heavy atom. The van der Waals surface area contributed by atoms with E-state index in [9.17, 15) is 13.2 Å². The summed E-state index contributed by atoms with van der Waals surface area (Å²) in [5.74, 6) is 0.580. The Kier molecular flexibility index (Phi) is 6.68. The molecule has 164 valence electrons. The topological polar surface area (TPSA) is 111 Å². The minimum Gasteiger partial charge on any atom is -0.490 e. The number of rotatable bonds is 7. The maximum absolute atomic E-state index is 13.0. The van der Waals surface area contributed by atoms with Gasteiger partial charge in [-0.05, 0) is 68.8 Å². The number of nitrogens with zero attached hydrogens (tertiary/aromatic N) is 2. The van der Waals surface area contributed by atoms with Gasteiger partial charge in [-0.3, -0.25) is 4.79 Å². The predicted octanol–water partition coefficient (Wildman–Crippen LogP) is 3.59. The molecule has 0 aromatic heterocycles. The van der Waals surface area contributed by atoms with Crippen LogP contribution in [0, 0.1) is 0 Å². The number of sulfonamides is 1. The number of carbonyl (C=O) groups excluding carboxylic acids is 1. The molecule has 0 aliphatic carbocycles. The first kappa shape index (κ1) is 22.8. The van der Waals surface area contributed by atoms with Crippen molar-refractivity contribution < 1.29 is 22.7 Å². The highest BCUT2D eigenvalue weighted by molar-refractivity contribution is 7.89. The van der Waals surface area contributed by atoms with E-state index in [1.807, 2.05) is 13.8 Å². The first-order valence-electron chi connectivity index (χ1n) is 9.49. The second kappa shape index (κ2) is 9.09. The number of carbonyl (C=O) groups is 1. The summed E-state index contributed by atoms with van der Waals surface area (Å²) in [5.41, 5.74) is 1.95. The molecule has 0 spiro atoms. The maximum Gasteiger partial charge on any atom is 0.280 e. The molecule has 0 fully saturated rings. The van der Waals surface area contributed by atoms with Crippen LogP contribution in [0.2, 0.25) is 5.02 Å². The summed E-state index contributed by atoms with van der Waals surface area (Å²) in [4.78, 5) is 12.9. The second-order valence-corrected chi connectivity index (χ2v) is 8.56. The van der Waals surface area contributed by atoms with Crippen LogP contribution in [0.25, 0.3) is 6.08 Å². The van der Waals surface area contributed by atoms with Gasteiger partial charge < -0.3 is 9.47 Å². The molecule has 2 aromatic carbocycles. The van der Waals surface area contributed by atoms with Crippen molar-refractivity contribution in [2.45, 2.75) is 25.7 Å². The number of anilines is 1. The molecule has 8 nitrogen and oxygen atoms in total. The zero-order valence-corrected chi connectivity index (χ0v) is 18.8. The second-order valence-electron chi connectivity index (χ2n) is 6.60. The Bertz CT molecular complexity index is 1170. The Morgan fingerprint density at radius 1 is 1.13 bits per heavy atom. The number of benzene rings is 2. The molecule has 0 atom stereocenters. The van der Waals surface area contributed by atoms with E-state index in [0.717, 1.165) is 0 Å². The molecule has 0 radical (unpaired) electrons. The molecule has 0 bridgehead atoms. The number of amides is 1. The highest BCUT2D eigenvalue weighted by Gasteiger charge is 2.29. The van der Waals surface area contributed by atoms with Crippen molar-refractivity contribution in [1.29, 1.82) is 0 Å². The molecular formula is C21H22ClN3O5S. The minimum absolute atomic E-state index is 0.0492. The fraction of sp³-hybridized carbons (Fsp3) is 0.238. The number of nitrogens with two attached hydrogens (primary N) is 1. The number of ether oxygens (including phenoxy) is 2. The third-order valence-corrected chi connectivity index (χ3v) is 5.61. The SMILES string of the molecule is CCOc1cc(/C=C2/C(=O)N(c3ccc(S(N)(=O)=O)cc3)N=C2C)cc(Cl)c1OCC. The predicted molar refractivity (Wildman–Crippen MR) is 120 cm³/mol. The van der Waals surface area contributed by atoms with Crippen LogP contribution in [0.1, 0.15) is 26.3 Å². The van der Waals surface area contributed by atoms with E-state index in [0.29, 0.717) is 52.3 Å². The van der Waals surface area contributed by atoms with E-state index in [1.54, 1.807) is 25.1 Å². The molecule has 1 aliphatic heterocycles. The van der Waals surface area contributed by atoms with E-state index in [4.69, 9.17) is 26.2 Å². The van der Waals surface area contributed by atoms with Crippen LogP contribution in [0.15, 0.2) is 52.0 Å². The lowest BCUT2D eigenvalue weighted by molar-refractivity contribution is -0.114. The summed E-state index contributed by atoms with van der Waals surface area (Å²) in [5, 5.41) is 11.0. The molecule has 0 saturated carbocycles. The number of primary sulfonamides is 1. The van der Waals surface area contributed by atoms with Crippen LogP contribution < -0.4 is 19.6 Å². The van der Waals surface area contributed by atoms with Crippen LogP contribution in [0.3, 0.4) is 0 Å². The van der Waals surface area contributed by atoms with Crippen LogP contribution >= 0.6 is 11.6 Å². The van der Waals surface area contributed by atoms with Gasteiger partial charge >= 0.3 is 0 Å². The Hall–Kier alpha value is -2.88. The third kappa shape index (κ3) is 4.90. The minimum atomic E-state index is -3.82. The Balaban J connectivity index is 1.94. The zero-order valence-electron chi connectivity index (χ0n) is 17.3. The molecule has 3 rings (SSSR count). The largest absolute Gasteiger partial charge is 0.490 e. The lowest BCUT2D eigenvalue weighted by Gasteiger charge is -2.14. The summed E-state index contributed by atoms with van der Waals surface area (Å²) in [6, 6.07) is 9.02. The molecule has 1 heterocycles. The number of halogens is 1. The van der Waals surface area contributed by atoms with Gasteiger partial charge in [0.2, 0.25) is 10.0 Å². The summed E-state index contributed by atoms with van der Waals surface area (Å²) < 4.78 is 34.1. The van der Waals surface area contributed by atoms with Crippen molar-refractivity contribution >= 4 is 45.0 Å². The van der Waals surface area contributed by atoms with Gasteiger partial charge in [0.25, 0.3) is 5.91 Å². The zero-order chi connectivity index (χ0) is 22.8. The lowest BCUT2D eigenvalue weighted by Crippen LogP contribution is -2.21. The highest BCUT2D eigenvalue weighted by atomic mass is 35.5.